The zero-order chi connectivity index (χ0) is 8.85. The van der Waals surface area contributed by atoms with Crippen LogP contribution in [0.15, 0.2) is 0 Å². The van der Waals surface area contributed by atoms with Crippen LogP contribution in [0.2, 0.25) is 0 Å². The molecular weight excluding hydrogens is 210 g/mol. The molecule has 0 bridgehead atoms. The lowest BCUT2D eigenvalue weighted by Gasteiger charge is -2.10. The lowest BCUT2D eigenvalue weighted by Crippen LogP contribution is -2.20. The van der Waals surface area contributed by atoms with Gasteiger partial charge in [-0.05, 0) is 13.3 Å². The topological polar surface area (TPSA) is 50.1 Å². The fourth-order valence-electron chi connectivity index (χ4n) is 0.394. The Labute approximate surface area is 74.5 Å². The largest absolute Gasteiger partial charge is 0.461 e. The highest BCUT2D eigenvalue weighted by atomic mass is 79.9. The van der Waals surface area contributed by atoms with Gasteiger partial charge in [-0.1, -0.05) is 22.9 Å². The summed E-state index contributed by atoms with van der Waals surface area (Å²) in [6.07, 6.45) is 0.646. The summed E-state index contributed by atoms with van der Waals surface area (Å²) in [7, 11) is 0. The van der Waals surface area contributed by atoms with Crippen LogP contribution in [0.4, 0.5) is 0 Å². The molecule has 0 aliphatic carbocycles. The first kappa shape index (κ1) is 10.4. The molecule has 2 atom stereocenters. The normalized spacial score (nSPS) is 14.7. The molecule has 62 valence electrons. The first-order chi connectivity index (χ1) is 5.11. The first-order valence-electron chi connectivity index (χ1n) is 3.36. The van der Waals surface area contributed by atoms with Crippen LogP contribution in [0.1, 0.15) is 20.3 Å². The van der Waals surface area contributed by atoms with Gasteiger partial charge in [0.05, 0.1) is 12.2 Å². The zero-order valence-corrected chi connectivity index (χ0v) is 8.09. The van der Waals surface area contributed by atoms with Crippen molar-refractivity contribution in [3.63, 3.8) is 0 Å². The van der Waals surface area contributed by atoms with E-state index in [0.29, 0.717) is 0 Å². The lowest BCUT2D eigenvalue weighted by atomic mass is 10.3. The average molecular weight is 220 g/mol. The van der Waals surface area contributed by atoms with Crippen molar-refractivity contribution in [1.29, 1.82) is 5.26 Å². The summed E-state index contributed by atoms with van der Waals surface area (Å²) in [5.41, 5.74) is 0. The third-order valence-corrected chi connectivity index (χ3v) is 1.79. The highest BCUT2D eigenvalue weighted by Crippen LogP contribution is 2.04. The van der Waals surface area contributed by atoms with E-state index < -0.39 is 10.8 Å². The summed E-state index contributed by atoms with van der Waals surface area (Å²) in [5.74, 6) is -0.512. The fourth-order valence-corrected chi connectivity index (χ4v) is 0.502. The second-order valence-corrected chi connectivity index (χ2v) is 3.06. The lowest BCUT2D eigenvalue weighted by molar-refractivity contribution is -0.146. The van der Waals surface area contributed by atoms with Crippen LogP contribution in [0, 0.1) is 11.3 Å². The van der Waals surface area contributed by atoms with Crippen LogP contribution in [0.25, 0.3) is 0 Å². The molecule has 0 fully saturated rings. The standard InChI is InChI=1S/C7H10BrNO2/c1-3-5(2)11-7(10)6(8)4-9/h5-6H,3H2,1-2H3. The minimum atomic E-state index is -0.837. The quantitative estimate of drug-likeness (QED) is 0.536. The summed E-state index contributed by atoms with van der Waals surface area (Å²) < 4.78 is 4.84. The number of esters is 1. The Kier molecular flexibility index (Phi) is 4.88. The van der Waals surface area contributed by atoms with Gasteiger partial charge < -0.3 is 4.74 Å². The summed E-state index contributed by atoms with van der Waals surface area (Å²) in [5, 5.41) is 8.29. The van der Waals surface area contributed by atoms with Crippen LogP contribution in [-0.2, 0) is 9.53 Å². The number of hydrogen-bond acceptors (Lipinski definition) is 3. The van der Waals surface area contributed by atoms with E-state index in [2.05, 4.69) is 15.9 Å². The molecule has 0 saturated heterocycles. The van der Waals surface area contributed by atoms with E-state index >= 15 is 0 Å². The van der Waals surface area contributed by atoms with Gasteiger partial charge >= 0.3 is 5.97 Å². The van der Waals surface area contributed by atoms with Gasteiger partial charge in [0.2, 0.25) is 0 Å². The summed E-state index contributed by atoms with van der Waals surface area (Å²) in [4.78, 5) is 10.0. The predicted molar refractivity (Wildman–Crippen MR) is 44.2 cm³/mol. The number of nitrogens with zero attached hydrogens (tertiary/aromatic N) is 1. The molecule has 0 aliphatic heterocycles. The number of halogens is 1. The highest BCUT2D eigenvalue weighted by Gasteiger charge is 2.16. The molecule has 0 aliphatic rings. The zero-order valence-electron chi connectivity index (χ0n) is 6.50. The van der Waals surface area contributed by atoms with Crippen molar-refractivity contribution >= 4 is 21.9 Å². The monoisotopic (exact) mass is 219 g/mol. The highest BCUT2D eigenvalue weighted by molar-refractivity contribution is 9.10. The molecule has 0 aromatic rings. The summed E-state index contributed by atoms with van der Waals surface area (Å²) in [6, 6.07) is 1.74. The van der Waals surface area contributed by atoms with E-state index in [0.717, 1.165) is 6.42 Å². The van der Waals surface area contributed by atoms with Gasteiger partial charge in [0.15, 0.2) is 4.83 Å². The van der Waals surface area contributed by atoms with Crippen molar-refractivity contribution in [3.8, 4) is 6.07 Å². The van der Waals surface area contributed by atoms with Crippen LogP contribution in [0.3, 0.4) is 0 Å². The Balaban J connectivity index is 3.80. The molecule has 0 heterocycles. The Hall–Kier alpha value is -0.560. The maximum atomic E-state index is 10.9. The molecular formula is C7H10BrNO2. The van der Waals surface area contributed by atoms with Crippen molar-refractivity contribution in [3.05, 3.63) is 0 Å². The van der Waals surface area contributed by atoms with Gasteiger partial charge in [0.25, 0.3) is 0 Å². The number of nitriles is 1. The van der Waals surface area contributed by atoms with Crippen molar-refractivity contribution < 1.29 is 9.53 Å². The smallest absolute Gasteiger partial charge is 0.334 e. The van der Waals surface area contributed by atoms with E-state index in [1.54, 1.807) is 13.0 Å². The van der Waals surface area contributed by atoms with E-state index in [1.165, 1.54) is 0 Å². The summed E-state index contributed by atoms with van der Waals surface area (Å²) in [6.45, 7) is 3.70. The number of carbonyl (C=O) groups is 1. The Bertz CT molecular complexity index is 176. The van der Waals surface area contributed by atoms with Crippen LogP contribution in [-0.4, -0.2) is 16.9 Å². The van der Waals surface area contributed by atoms with E-state index in [4.69, 9.17) is 10.00 Å². The van der Waals surface area contributed by atoms with Crippen LogP contribution in [0.5, 0.6) is 0 Å². The molecule has 0 amide bonds. The molecule has 0 saturated carbocycles. The molecule has 0 radical (unpaired) electrons. The Morgan fingerprint density at radius 3 is 2.73 bits per heavy atom. The van der Waals surface area contributed by atoms with Crippen molar-refractivity contribution in [2.45, 2.75) is 31.2 Å². The Morgan fingerprint density at radius 2 is 2.36 bits per heavy atom. The fraction of sp³-hybridized carbons (Fsp3) is 0.714. The maximum Gasteiger partial charge on any atom is 0.334 e. The maximum absolute atomic E-state index is 10.9. The SMILES string of the molecule is CCC(C)OC(=O)C(Br)C#N. The van der Waals surface area contributed by atoms with Gasteiger partial charge in [0.1, 0.15) is 0 Å². The van der Waals surface area contributed by atoms with E-state index in [9.17, 15) is 4.79 Å². The third kappa shape index (κ3) is 3.99. The predicted octanol–water partition coefficient (Wildman–Crippen LogP) is 1.62. The molecule has 0 aromatic carbocycles. The molecule has 4 heteroatoms. The number of hydrogen-bond donors (Lipinski definition) is 0. The molecule has 3 nitrogen and oxygen atoms in total. The van der Waals surface area contributed by atoms with Gasteiger partial charge in [-0.2, -0.15) is 5.26 Å². The second-order valence-electron chi connectivity index (χ2n) is 2.15. The molecule has 0 N–H and O–H groups in total. The van der Waals surface area contributed by atoms with Crippen LogP contribution < -0.4 is 0 Å². The minimum Gasteiger partial charge on any atom is -0.461 e. The first-order valence-corrected chi connectivity index (χ1v) is 4.27. The number of ether oxygens (including phenoxy) is 1. The van der Waals surface area contributed by atoms with Crippen molar-refractivity contribution in [2.24, 2.45) is 0 Å². The van der Waals surface area contributed by atoms with Gasteiger partial charge in [-0.15, -0.1) is 0 Å². The Morgan fingerprint density at radius 1 is 1.82 bits per heavy atom. The van der Waals surface area contributed by atoms with Gasteiger partial charge in [-0.25, -0.2) is 4.79 Å². The molecule has 0 aromatic heterocycles. The van der Waals surface area contributed by atoms with Crippen molar-refractivity contribution in [1.82, 2.24) is 0 Å². The van der Waals surface area contributed by atoms with Gasteiger partial charge in [-0.3, -0.25) is 0 Å². The minimum absolute atomic E-state index is 0.115. The van der Waals surface area contributed by atoms with Crippen molar-refractivity contribution in [2.75, 3.05) is 0 Å². The van der Waals surface area contributed by atoms with E-state index in [-0.39, 0.29) is 6.10 Å². The average Bonchev–Trinajstić information content (AvgIpc) is 2.02. The molecule has 0 rings (SSSR count). The number of rotatable bonds is 3. The summed E-state index contributed by atoms with van der Waals surface area (Å²) >= 11 is 2.86. The van der Waals surface area contributed by atoms with Gasteiger partial charge in [0, 0.05) is 0 Å². The molecule has 11 heavy (non-hydrogen) atoms. The number of carbonyl (C=O) groups excluding carboxylic acids is 1. The second kappa shape index (κ2) is 5.14. The number of alkyl halides is 1. The molecule has 0 spiro atoms. The van der Waals surface area contributed by atoms with Crippen LogP contribution >= 0.6 is 15.9 Å². The third-order valence-electron chi connectivity index (χ3n) is 1.21. The molecule has 2 unspecified atom stereocenters. The van der Waals surface area contributed by atoms with E-state index in [1.807, 2.05) is 6.92 Å².